The summed E-state index contributed by atoms with van der Waals surface area (Å²) in [4.78, 5) is 11.9. The van der Waals surface area contributed by atoms with Crippen LogP contribution in [0.3, 0.4) is 0 Å². The molecule has 0 aromatic heterocycles. The molecular formula is C15H28ClNO. The van der Waals surface area contributed by atoms with Gasteiger partial charge in [-0.2, -0.15) is 0 Å². The van der Waals surface area contributed by atoms with Gasteiger partial charge in [0.1, 0.15) is 0 Å². The van der Waals surface area contributed by atoms with E-state index >= 15 is 0 Å². The van der Waals surface area contributed by atoms with Crippen LogP contribution in [0, 0.1) is 17.3 Å². The zero-order valence-electron chi connectivity index (χ0n) is 12.3. The SMILES string of the molecule is CC(CC(=O)NCC1CCC(Cl)CC1)C(C)(C)C. The lowest BCUT2D eigenvalue weighted by Crippen LogP contribution is -2.33. The van der Waals surface area contributed by atoms with E-state index in [1.54, 1.807) is 0 Å². The minimum atomic E-state index is 0.199. The van der Waals surface area contributed by atoms with Crippen molar-refractivity contribution in [2.75, 3.05) is 6.54 Å². The van der Waals surface area contributed by atoms with E-state index in [0.717, 1.165) is 32.2 Å². The lowest BCUT2D eigenvalue weighted by atomic mass is 9.80. The first-order valence-corrected chi connectivity index (χ1v) is 7.63. The molecule has 106 valence electrons. The van der Waals surface area contributed by atoms with Crippen LogP contribution in [-0.2, 0) is 4.79 Å². The Kier molecular flexibility index (Phi) is 5.97. The van der Waals surface area contributed by atoms with E-state index in [4.69, 9.17) is 11.6 Å². The highest BCUT2D eigenvalue weighted by atomic mass is 35.5. The molecular weight excluding hydrogens is 246 g/mol. The summed E-state index contributed by atoms with van der Waals surface area (Å²) in [7, 11) is 0. The van der Waals surface area contributed by atoms with Gasteiger partial charge in [0, 0.05) is 18.3 Å². The van der Waals surface area contributed by atoms with Crippen molar-refractivity contribution in [2.45, 2.75) is 65.2 Å². The average molecular weight is 274 g/mol. The first-order chi connectivity index (χ1) is 8.29. The number of rotatable bonds is 4. The van der Waals surface area contributed by atoms with Crippen LogP contribution < -0.4 is 5.32 Å². The molecule has 1 saturated carbocycles. The molecule has 0 aliphatic heterocycles. The summed E-state index contributed by atoms with van der Waals surface area (Å²) in [6, 6.07) is 0. The molecule has 18 heavy (non-hydrogen) atoms. The molecule has 0 aromatic carbocycles. The second-order valence-electron chi connectivity index (χ2n) is 6.89. The predicted molar refractivity (Wildman–Crippen MR) is 77.8 cm³/mol. The van der Waals surface area contributed by atoms with Gasteiger partial charge in [-0.1, -0.05) is 27.7 Å². The van der Waals surface area contributed by atoms with Crippen LogP contribution in [0.15, 0.2) is 0 Å². The monoisotopic (exact) mass is 273 g/mol. The smallest absolute Gasteiger partial charge is 0.220 e. The highest BCUT2D eigenvalue weighted by Gasteiger charge is 2.23. The zero-order chi connectivity index (χ0) is 13.8. The van der Waals surface area contributed by atoms with E-state index in [1.807, 2.05) is 0 Å². The maximum atomic E-state index is 11.9. The molecule has 0 aromatic rings. The topological polar surface area (TPSA) is 29.1 Å². The van der Waals surface area contributed by atoms with E-state index in [1.165, 1.54) is 0 Å². The summed E-state index contributed by atoms with van der Waals surface area (Å²) >= 11 is 6.08. The van der Waals surface area contributed by atoms with Gasteiger partial charge in [-0.15, -0.1) is 11.6 Å². The van der Waals surface area contributed by atoms with Gasteiger partial charge in [-0.3, -0.25) is 4.79 Å². The molecule has 0 radical (unpaired) electrons. The van der Waals surface area contributed by atoms with E-state index in [-0.39, 0.29) is 11.3 Å². The summed E-state index contributed by atoms with van der Waals surface area (Å²) in [5.41, 5.74) is 0.202. The Morgan fingerprint density at radius 1 is 1.28 bits per heavy atom. The Morgan fingerprint density at radius 2 is 1.83 bits per heavy atom. The number of nitrogens with one attached hydrogen (secondary N) is 1. The first kappa shape index (κ1) is 15.8. The number of hydrogen-bond donors (Lipinski definition) is 1. The fourth-order valence-electron chi connectivity index (χ4n) is 2.24. The van der Waals surface area contributed by atoms with Crippen molar-refractivity contribution >= 4 is 17.5 Å². The third kappa shape index (κ3) is 5.60. The van der Waals surface area contributed by atoms with Gasteiger partial charge >= 0.3 is 0 Å². The lowest BCUT2D eigenvalue weighted by molar-refractivity contribution is -0.122. The van der Waals surface area contributed by atoms with E-state index in [2.05, 4.69) is 33.0 Å². The second-order valence-corrected chi connectivity index (χ2v) is 7.51. The highest BCUT2D eigenvalue weighted by molar-refractivity contribution is 6.20. The minimum Gasteiger partial charge on any atom is -0.356 e. The molecule has 0 bridgehead atoms. The Labute approximate surface area is 117 Å². The quantitative estimate of drug-likeness (QED) is 0.772. The first-order valence-electron chi connectivity index (χ1n) is 7.19. The van der Waals surface area contributed by atoms with Gasteiger partial charge < -0.3 is 5.32 Å². The molecule has 3 heteroatoms. The molecule has 0 spiro atoms. The molecule has 2 nitrogen and oxygen atoms in total. The molecule has 1 rings (SSSR count). The molecule has 1 aliphatic rings. The van der Waals surface area contributed by atoms with Crippen LogP contribution in [0.25, 0.3) is 0 Å². The van der Waals surface area contributed by atoms with Gasteiger partial charge in [0.05, 0.1) is 0 Å². The fourth-order valence-corrected chi connectivity index (χ4v) is 2.49. The summed E-state index contributed by atoms with van der Waals surface area (Å²) in [5, 5.41) is 3.45. The molecule has 1 amide bonds. The molecule has 1 N–H and O–H groups in total. The van der Waals surface area contributed by atoms with Gasteiger partial charge in [-0.25, -0.2) is 0 Å². The second kappa shape index (κ2) is 6.79. The average Bonchev–Trinajstić information content (AvgIpc) is 2.27. The number of halogens is 1. The Bertz CT molecular complexity index is 264. The predicted octanol–water partition coefficient (Wildman–Crippen LogP) is 3.97. The van der Waals surface area contributed by atoms with Crippen LogP contribution in [-0.4, -0.2) is 17.8 Å². The van der Waals surface area contributed by atoms with E-state index in [0.29, 0.717) is 23.6 Å². The van der Waals surface area contributed by atoms with Gasteiger partial charge in [-0.05, 0) is 42.9 Å². The van der Waals surface area contributed by atoms with Crippen LogP contribution in [0.4, 0.5) is 0 Å². The number of alkyl halides is 1. The molecule has 1 unspecified atom stereocenters. The van der Waals surface area contributed by atoms with Crippen molar-refractivity contribution in [3.05, 3.63) is 0 Å². The Balaban J connectivity index is 2.21. The van der Waals surface area contributed by atoms with E-state index < -0.39 is 0 Å². The third-order valence-corrected chi connectivity index (χ3v) is 4.77. The molecule has 1 fully saturated rings. The maximum Gasteiger partial charge on any atom is 0.220 e. The molecule has 0 saturated heterocycles. The highest BCUT2D eigenvalue weighted by Crippen LogP contribution is 2.29. The van der Waals surface area contributed by atoms with Crippen molar-refractivity contribution in [1.29, 1.82) is 0 Å². The molecule has 0 heterocycles. The van der Waals surface area contributed by atoms with Crippen LogP contribution in [0.5, 0.6) is 0 Å². The minimum absolute atomic E-state index is 0.199. The largest absolute Gasteiger partial charge is 0.356 e. The lowest BCUT2D eigenvalue weighted by Gasteiger charge is -2.28. The van der Waals surface area contributed by atoms with Crippen molar-refractivity contribution in [3.63, 3.8) is 0 Å². The Morgan fingerprint density at radius 3 is 2.33 bits per heavy atom. The standard InChI is InChI=1S/C15H28ClNO/c1-11(15(2,3)4)9-14(18)17-10-12-5-7-13(16)8-6-12/h11-13H,5-10H2,1-4H3,(H,17,18). The normalized spacial score (nSPS) is 26.7. The van der Waals surface area contributed by atoms with Crippen molar-refractivity contribution < 1.29 is 4.79 Å². The zero-order valence-corrected chi connectivity index (χ0v) is 13.0. The number of carbonyl (C=O) groups excluding carboxylic acids is 1. The van der Waals surface area contributed by atoms with Crippen LogP contribution in [0.2, 0.25) is 0 Å². The number of hydrogen-bond acceptors (Lipinski definition) is 1. The summed E-state index contributed by atoms with van der Waals surface area (Å²) in [6.45, 7) is 9.55. The van der Waals surface area contributed by atoms with Crippen LogP contribution in [0.1, 0.15) is 59.8 Å². The fraction of sp³-hybridized carbons (Fsp3) is 0.933. The van der Waals surface area contributed by atoms with Crippen molar-refractivity contribution in [1.82, 2.24) is 5.32 Å². The van der Waals surface area contributed by atoms with Crippen LogP contribution >= 0.6 is 11.6 Å². The van der Waals surface area contributed by atoms with Crippen molar-refractivity contribution in [2.24, 2.45) is 17.3 Å². The maximum absolute atomic E-state index is 11.9. The van der Waals surface area contributed by atoms with Crippen molar-refractivity contribution in [3.8, 4) is 0 Å². The summed E-state index contributed by atoms with van der Waals surface area (Å²) in [5.74, 6) is 1.25. The molecule has 1 atom stereocenters. The van der Waals surface area contributed by atoms with Gasteiger partial charge in [0.25, 0.3) is 0 Å². The number of carbonyl (C=O) groups is 1. The van der Waals surface area contributed by atoms with Gasteiger partial charge in [0.15, 0.2) is 0 Å². The number of amides is 1. The molecule has 1 aliphatic carbocycles. The van der Waals surface area contributed by atoms with Gasteiger partial charge in [0.2, 0.25) is 5.91 Å². The summed E-state index contributed by atoms with van der Waals surface area (Å²) in [6.07, 6.45) is 5.14. The van der Waals surface area contributed by atoms with E-state index in [9.17, 15) is 4.79 Å². The summed E-state index contributed by atoms with van der Waals surface area (Å²) < 4.78 is 0. The Hall–Kier alpha value is -0.240. The third-order valence-electron chi connectivity index (χ3n) is 4.33.